The molecule has 1 aliphatic heterocycles. The molecule has 3 rings (SSSR count). The van der Waals surface area contributed by atoms with Crippen molar-refractivity contribution in [3.05, 3.63) is 29.8 Å². The largest absolute Gasteiger partial charge is 0.487 e. The Hall–Kier alpha value is -1.69. The molecule has 0 radical (unpaired) electrons. The zero-order chi connectivity index (χ0) is 15.0. The van der Waals surface area contributed by atoms with Gasteiger partial charge < -0.3 is 15.4 Å². The van der Waals surface area contributed by atoms with E-state index in [1.54, 1.807) is 4.90 Å². The minimum Gasteiger partial charge on any atom is -0.487 e. The molecular weight excluding hydrogens is 278 g/mol. The summed E-state index contributed by atoms with van der Waals surface area (Å²) in [5, 5.41) is 0. The lowest BCUT2D eigenvalue weighted by atomic mass is 10.1. The van der Waals surface area contributed by atoms with Crippen LogP contribution in [0.1, 0.15) is 25.7 Å². The summed E-state index contributed by atoms with van der Waals surface area (Å²) in [7, 11) is 0. The van der Waals surface area contributed by atoms with Crippen molar-refractivity contribution in [1.29, 1.82) is 0 Å². The maximum Gasteiger partial charge on any atom is 0.242 e. The molecule has 2 fully saturated rings. The van der Waals surface area contributed by atoms with Crippen molar-refractivity contribution in [2.45, 2.75) is 37.3 Å². The van der Waals surface area contributed by atoms with Crippen LogP contribution in [0.15, 0.2) is 18.2 Å². The molecule has 4 nitrogen and oxygen atoms in total. The number of carbonyl (C=O) groups is 1. The van der Waals surface area contributed by atoms with Crippen LogP contribution >= 0.6 is 0 Å². The Labute approximate surface area is 121 Å². The maximum absolute atomic E-state index is 13.5. The Morgan fingerprint density at radius 3 is 2.52 bits per heavy atom. The van der Waals surface area contributed by atoms with E-state index in [1.807, 2.05) is 0 Å². The van der Waals surface area contributed by atoms with Gasteiger partial charge in [-0.05, 0) is 25.0 Å². The van der Waals surface area contributed by atoms with E-state index in [4.69, 9.17) is 10.5 Å². The van der Waals surface area contributed by atoms with Crippen LogP contribution in [0.25, 0.3) is 0 Å². The fourth-order valence-electron chi connectivity index (χ4n) is 2.59. The second-order valence-electron chi connectivity index (χ2n) is 5.84. The van der Waals surface area contributed by atoms with Crippen molar-refractivity contribution < 1.29 is 18.3 Å². The number of benzene rings is 1. The highest BCUT2D eigenvalue weighted by Crippen LogP contribution is 2.35. The summed E-state index contributed by atoms with van der Waals surface area (Å²) in [4.78, 5) is 13.9. The average molecular weight is 296 g/mol. The summed E-state index contributed by atoms with van der Waals surface area (Å²) in [5.74, 6) is -1.27. The number of nitrogens with two attached hydrogens (primary N) is 1. The molecule has 1 saturated carbocycles. The van der Waals surface area contributed by atoms with E-state index in [9.17, 15) is 13.6 Å². The Kier molecular flexibility index (Phi) is 3.57. The van der Waals surface area contributed by atoms with Crippen LogP contribution in [0.3, 0.4) is 0 Å². The molecule has 1 heterocycles. The van der Waals surface area contributed by atoms with Gasteiger partial charge in [-0.3, -0.25) is 4.79 Å². The number of piperidine rings is 1. The second kappa shape index (κ2) is 5.26. The third kappa shape index (κ3) is 3.00. The topological polar surface area (TPSA) is 55.6 Å². The summed E-state index contributed by atoms with van der Waals surface area (Å²) in [6.45, 7) is 1.12. The van der Waals surface area contributed by atoms with Gasteiger partial charge in [-0.2, -0.15) is 0 Å². The first-order chi connectivity index (χ1) is 9.98. The number of carbonyl (C=O) groups excluding carboxylic acids is 1. The van der Waals surface area contributed by atoms with Crippen LogP contribution in [-0.2, 0) is 4.79 Å². The van der Waals surface area contributed by atoms with E-state index in [2.05, 4.69) is 0 Å². The van der Waals surface area contributed by atoms with Gasteiger partial charge in [0.25, 0.3) is 0 Å². The fraction of sp³-hybridized carbons (Fsp3) is 0.533. The molecule has 1 aromatic rings. The minimum atomic E-state index is -0.701. The number of amides is 1. The first kappa shape index (κ1) is 14.3. The van der Waals surface area contributed by atoms with Crippen molar-refractivity contribution in [2.75, 3.05) is 13.1 Å². The van der Waals surface area contributed by atoms with Crippen molar-refractivity contribution in [3.63, 3.8) is 0 Å². The second-order valence-corrected chi connectivity index (χ2v) is 5.84. The Morgan fingerprint density at radius 1 is 1.29 bits per heavy atom. The van der Waals surface area contributed by atoms with Gasteiger partial charge in [0.15, 0.2) is 11.6 Å². The smallest absolute Gasteiger partial charge is 0.242 e. The molecule has 6 heteroatoms. The lowest BCUT2D eigenvalue weighted by Gasteiger charge is -2.33. The van der Waals surface area contributed by atoms with Crippen LogP contribution in [0, 0.1) is 11.6 Å². The van der Waals surface area contributed by atoms with Crippen LogP contribution in [0.2, 0.25) is 0 Å². The number of hydrogen-bond acceptors (Lipinski definition) is 3. The Bertz CT molecular complexity index is 553. The number of ether oxygens (including phenoxy) is 1. The number of rotatable bonds is 3. The van der Waals surface area contributed by atoms with Crippen molar-refractivity contribution in [2.24, 2.45) is 5.73 Å². The van der Waals surface area contributed by atoms with Crippen LogP contribution in [-0.4, -0.2) is 35.5 Å². The van der Waals surface area contributed by atoms with Gasteiger partial charge in [-0.15, -0.1) is 0 Å². The highest BCUT2D eigenvalue weighted by molar-refractivity contribution is 5.89. The zero-order valence-corrected chi connectivity index (χ0v) is 11.6. The molecule has 0 unspecified atom stereocenters. The van der Waals surface area contributed by atoms with E-state index < -0.39 is 17.2 Å². The van der Waals surface area contributed by atoms with Crippen molar-refractivity contribution in [3.8, 4) is 5.75 Å². The molecule has 0 spiro atoms. The highest BCUT2D eigenvalue weighted by Gasteiger charge is 2.48. The van der Waals surface area contributed by atoms with Gasteiger partial charge in [-0.1, -0.05) is 0 Å². The van der Waals surface area contributed by atoms with Gasteiger partial charge in [0.2, 0.25) is 5.91 Å². The molecule has 1 amide bonds. The molecule has 2 N–H and O–H groups in total. The van der Waals surface area contributed by atoms with Gasteiger partial charge in [-0.25, -0.2) is 8.78 Å². The van der Waals surface area contributed by atoms with Crippen LogP contribution in [0.5, 0.6) is 5.75 Å². The van der Waals surface area contributed by atoms with Crippen molar-refractivity contribution in [1.82, 2.24) is 4.90 Å². The summed E-state index contributed by atoms with van der Waals surface area (Å²) < 4.78 is 31.9. The standard InChI is InChI=1S/C15H18F2N2O2/c16-10-1-2-13(12(17)9-10)21-11-3-7-19(8-4-11)14(20)15(18)5-6-15/h1-2,9,11H,3-8,18H2. The fourth-order valence-corrected chi connectivity index (χ4v) is 2.59. The van der Waals surface area contributed by atoms with Crippen LogP contribution in [0.4, 0.5) is 8.78 Å². The Balaban J connectivity index is 1.55. The molecule has 21 heavy (non-hydrogen) atoms. The summed E-state index contributed by atoms with van der Waals surface area (Å²) >= 11 is 0. The quantitative estimate of drug-likeness (QED) is 0.926. The zero-order valence-electron chi connectivity index (χ0n) is 11.6. The molecule has 0 bridgehead atoms. The first-order valence-corrected chi connectivity index (χ1v) is 7.18. The predicted octanol–water partition coefficient (Wildman–Crippen LogP) is 1.83. The Morgan fingerprint density at radius 2 is 1.95 bits per heavy atom. The summed E-state index contributed by atoms with van der Waals surface area (Å²) in [6.07, 6.45) is 2.59. The highest BCUT2D eigenvalue weighted by atomic mass is 19.1. The van der Waals surface area contributed by atoms with Gasteiger partial charge in [0.05, 0.1) is 5.54 Å². The van der Waals surface area contributed by atoms with E-state index in [1.165, 1.54) is 12.1 Å². The molecule has 2 aliphatic rings. The molecule has 1 aromatic carbocycles. The normalized spacial score (nSPS) is 21.2. The molecule has 0 atom stereocenters. The summed E-state index contributed by atoms with van der Waals surface area (Å²) in [5.41, 5.74) is 5.26. The number of nitrogens with zero attached hydrogens (tertiary/aromatic N) is 1. The predicted molar refractivity (Wildman–Crippen MR) is 72.7 cm³/mol. The molecule has 1 aliphatic carbocycles. The number of hydrogen-bond donors (Lipinski definition) is 1. The van der Waals surface area contributed by atoms with E-state index in [0.29, 0.717) is 25.9 Å². The monoisotopic (exact) mass is 296 g/mol. The molecule has 1 saturated heterocycles. The molecular formula is C15H18F2N2O2. The van der Waals surface area contributed by atoms with Crippen LogP contribution < -0.4 is 10.5 Å². The van der Waals surface area contributed by atoms with Gasteiger partial charge >= 0.3 is 0 Å². The van der Waals surface area contributed by atoms with Gasteiger partial charge in [0, 0.05) is 32.0 Å². The van der Waals surface area contributed by atoms with E-state index in [0.717, 1.165) is 18.9 Å². The van der Waals surface area contributed by atoms with Gasteiger partial charge in [0.1, 0.15) is 11.9 Å². The van der Waals surface area contributed by atoms with Crippen molar-refractivity contribution >= 4 is 5.91 Å². The third-order valence-corrected chi connectivity index (χ3v) is 4.13. The maximum atomic E-state index is 13.5. The number of likely N-dealkylation sites (tertiary alicyclic amines) is 1. The lowest BCUT2D eigenvalue weighted by molar-refractivity contribution is -0.135. The van der Waals surface area contributed by atoms with E-state index >= 15 is 0 Å². The average Bonchev–Trinajstić information content (AvgIpc) is 3.21. The molecule has 0 aromatic heterocycles. The summed E-state index contributed by atoms with van der Waals surface area (Å²) in [6, 6.07) is 3.27. The third-order valence-electron chi connectivity index (χ3n) is 4.13. The lowest BCUT2D eigenvalue weighted by Crippen LogP contribution is -2.50. The minimum absolute atomic E-state index is 0.00825. The SMILES string of the molecule is NC1(C(=O)N2CCC(Oc3ccc(F)cc3F)CC2)CC1. The first-order valence-electron chi connectivity index (χ1n) is 7.18. The number of halogens is 2. The van der Waals surface area contributed by atoms with E-state index in [-0.39, 0.29) is 17.8 Å². The molecule has 114 valence electrons.